The first-order valence-corrected chi connectivity index (χ1v) is 6.92. The van der Waals surface area contributed by atoms with Crippen molar-refractivity contribution in [3.8, 4) is 0 Å². The Morgan fingerprint density at radius 2 is 2.44 bits per heavy atom. The fourth-order valence-electron chi connectivity index (χ4n) is 2.07. The molecule has 1 aromatic heterocycles. The fourth-order valence-corrected chi connectivity index (χ4v) is 3.00. The van der Waals surface area contributed by atoms with Gasteiger partial charge >= 0.3 is 0 Å². The van der Waals surface area contributed by atoms with Gasteiger partial charge in [-0.15, -0.1) is 0 Å². The second-order valence-corrected chi connectivity index (χ2v) is 5.89. The number of hydrogen-bond acceptors (Lipinski definition) is 3. The summed E-state index contributed by atoms with van der Waals surface area (Å²) in [5.41, 5.74) is -0.647. The lowest BCUT2D eigenvalue weighted by Crippen LogP contribution is -2.45. The van der Waals surface area contributed by atoms with Gasteiger partial charge in [0.2, 0.25) is 0 Å². The normalized spacial score (nSPS) is 30.5. The van der Waals surface area contributed by atoms with Crippen LogP contribution in [0.1, 0.15) is 31.4 Å². The van der Waals surface area contributed by atoms with Gasteiger partial charge in [-0.1, -0.05) is 35.4 Å². The molecule has 1 N–H and O–H groups in total. The highest BCUT2D eigenvalue weighted by molar-refractivity contribution is 14.1. The smallest absolute Gasteiger partial charge is 0.129 e. The molecule has 0 radical (unpaired) electrons. The summed E-state index contributed by atoms with van der Waals surface area (Å²) < 4.78 is 11.0. The van der Waals surface area contributed by atoms with Gasteiger partial charge in [0, 0.05) is 3.92 Å². The van der Waals surface area contributed by atoms with Crippen LogP contribution in [0.25, 0.3) is 0 Å². The van der Waals surface area contributed by atoms with Crippen LogP contribution in [0, 0.1) is 0 Å². The van der Waals surface area contributed by atoms with Crippen molar-refractivity contribution in [1.29, 1.82) is 0 Å². The molecular formula is C12H17IO3. The number of hydrogen-bond donors (Lipinski definition) is 1. The summed E-state index contributed by atoms with van der Waals surface area (Å²) in [6, 6.07) is 3.72. The van der Waals surface area contributed by atoms with Gasteiger partial charge in [-0.3, -0.25) is 0 Å². The van der Waals surface area contributed by atoms with E-state index < -0.39 is 5.60 Å². The zero-order chi connectivity index (χ0) is 11.4. The Morgan fingerprint density at radius 3 is 3.12 bits per heavy atom. The van der Waals surface area contributed by atoms with Crippen LogP contribution in [0.2, 0.25) is 0 Å². The van der Waals surface area contributed by atoms with Crippen LogP contribution in [0.3, 0.4) is 0 Å². The Bertz CT molecular complexity index is 312. The lowest BCUT2D eigenvalue weighted by molar-refractivity contribution is -0.0676. The first-order valence-electron chi connectivity index (χ1n) is 5.67. The third kappa shape index (κ3) is 2.99. The van der Waals surface area contributed by atoms with Crippen LogP contribution in [0.4, 0.5) is 0 Å². The van der Waals surface area contributed by atoms with Crippen molar-refractivity contribution in [2.45, 2.75) is 41.8 Å². The van der Waals surface area contributed by atoms with E-state index in [0.29, 0.717) is 17.1 Å². The van der Waals surface area contributed by atoms with Gasteiger partial charge in [-0.2, -0.15) is 0 Å². The largest absolute Gasteiger partial charge is 0.467 e. The predicted molar refractivity (Wildman–Crippen MR) is 69.6 cm³/mol. The summed E-state index contributed by atoms with van der Waals surface area (Å²) in [6.45, 7) is 0.847. The Hall–Kier alpha value is -0.0700. The van der Waals surface area contributed by atoms with Gasteiger partial charge in [-0.05, 0) is 25.0 Å². The van der Waals surface area contributed by atoms with E-state index in [1.165, 1.54) is 6.42 Å². The monoisotopic (exact) mass is 336 g/mol. The van der Waals surface area contributed by atoms with Crippen molar-refractivity contribution in [3.63, 3.8) is 0 Å². The van der Waals surface area contributed by atoms with Crippen molar-refractivity contribution < 1.29 is 14.3 Å². The second-order valence-electron chi connectivity index (χ2n) is 4.39. The quantitative estimate of drug-likeness (QED) is 0.679. The van der Waals surface area contributed by atoms with Crippen molar-refractivity contribution in [2.24, 2.45) is 0 Å². The van der Waals surface area contributed by atoms with Gasteiger partial charge in [0.25, 0.3) is 0 Å². The van der Waals surface area contributed by atoms with Gasteiger partial charge in [0.1, 0.15) is 12.4 Å². The highest BCUT2D eigenvalue weighted by atomic mass is 127. The molecule has 1 saturated carbocycles. The van der Waals surface area contributed by atoms with Crippen molar-refractivity contribution in [1.82, 2.24) is 0 Å². The number of ether oxygens (including phenoxy) is 1. The number of furan rings is 1. The lowest BCUT2D eigenvalue weighted by Gasteiger charge is -2.36. The van der Waals surface area contributed by atoms with Gasteiger partial charge < -0.3 is 14.3 Å². The van der Waals surface area contributed by atoms with Crippen LogP contribution in [0.5, 0.6) is 0 Å². The minimum absolute atomic E-state index is 0.301. The molecule has 0 amide bonds. The highest BCUT2D eigenvalue weighted by Gasteiger charge is 2.37. The Kier molecular flexibility index (Phi) is 4.27. The number of halogens is 1. The summed E-state index contributed by atoms with van der Waals surface area (Å²) in [7, 11) is 0. The van der Waals surface area contributed by atoms with Gasteiger partial charge in [0.15, 0.2) is 0 Å². The Balaban J connectivity index is 1.79. The minimum Gasteiger partial charge on any atom is -0.467 e. The third-order valence-corrected chi connectivity index (χ3v) is 4.86. The molecule has 2 unspecified atom stereocenters. The Morgan fingerprint density at radius 1 is 1.56 bits per heavy atom. The molecule has 16 heavy (non-hydrogen) atoms. The molecule has 1 aliphatic carbocycles. The van der Waals surface area contributed by atoms with Crippen LogP contribution >= 0.6 is 22.6 Å². The maximum Gasteiger partial charge on any atom is 0.129 e. The summed E-state index contributed by atoms with van der Waals surface area (Å²) in [4.78, 5) is 0. The standard InChI is InChI=1S/C12H17IO3/c13-11-5-1-2-6-12(11,14)9-15-8-10-4-3-7-16-10/h3-4,7,11,14H,1-2,5-6,8-9H2. The lowest BCUT2D eigenvalue weighted by atomic mass is 9.85. The molecule has 1 fully saturated rings. The molecule has 1 aromatic rings. The molecule has 0 aromatic carbocycles. The molecule has 90 valence electrons. The molecule has 2 atom stereocenters. The van der Waals surface area contributed by atoms with Gasteiger partial charge in [0.05, 0.1) is 18.5 Å². The predicted octanol–water partition coefficient (Wildman–Crippen LogP) is 2.90. The molecule has 0 bridgehead atoms. The summed E-state index contributed by atoms with van der Waals surface area (Å²) in [5.74, 6) is 0.810. The third-order valence-electron chi connectivity index (χ3n) is 3.08. The maximum atomic E-state index is 10.4. The average Bonchev–Trinajstić information content (AvgIpc) is 2.76. The SMILES string of the molecule is OC1(COCc2ccco2)CCCCC1I. The van der Waals surface area contributed by atoms with E-state index in [0.717, 1.165) is 25.0 Å². The van der Waals surface area contributed by atoms with Crippen molar-refractivity contribution >= 4 is 22.6 Å². The topological polar surface area (TPSA) is 42.6 Å². The van der Waals surface area contributed by atoms with E-state index in [1.807, 2.05) is 12.1 Å². The maximum absolute atomic E-state index is 10.4. The second kappa shape index (κ2) is 5.51. The van der Waals surface area contributed by atoms with E-state index in [2.05, 4.69) is 22.6 Å². The highest BCUT2D eigenvalue weighted by Crippen LogP contribution is 2.34. The number of alkyl halides is 1. The summed E-state index contributed by atoms with van der Waals surface area (Å²) >= 11 is 2.34. The summed E-state index contributed by atoms with van der Waals surface area (Å²) in [6.07, 6.45) is 5.88. The van der Waals surface area contributed by atoms with E-state index in [-0.39, 0.29) is 0 Å². The first kappa shape index (κ1) is 12.4. The fraction of sp³-hybridized carbons (Fsp3) is 0.667. The molecular weight excluding hydrogens is 319 g/mol. The van der Waals surface area contributed by atoms with Crippen LogP contribution in [-0.4, -0.2) is 21.2 Å². The van der Waals surface area contributed by atoms with E-state index >= 15 is 0 Å². The van der Waals surface area contributed by atoms with Crippen LogP contribution < -0.4 is 0 Å². The average molecular weight is 336 g/mol. The first-order chi connectivity index (χ1) is 7.71. The molecule has 4 heteroatoms. The molecule has 1 heterocycles. The zero-order valence-corrected chi connectivity index (χ0v) is 11.4. The molecule has 1 aliphatic rings. The molecule has 0 aliphatic heterocycles. The molecule has 0 spiro atoms. The number of aliphatic hydroxyl groups is 1. The summed E-state index contributed by atoms with van der Waals surface area (Å²) in [5, 5.41) is 10.4. The molecule has 0 saturated heterocycles. The van der Waals surface area contributed by atoms with Crippen LogP contribution in [-0.2, 0) is 11.3 Å². The van der Waals surface area contributed by atoms with E-state index in [1.54, 1.807) is 6.26 Å². The van der Waals surface area contributed by atoms with E-state index in [9.17, 15) is 5.11 Å². The van der Waals surface area contributed by atoms with Crippen molar-refractivity contribution in [3.05, 3.63) is 24.2 Å². The van der Waals surface area contributed by atoms with Gasteiger partial charge in [-0.25, -0.2) is 0 Å². The Labute approximate surface area is 109 Å². The van der Waals surface area contributed by atoms with Crippen molar-refractivity contribution in [2.75, 3.05) is 6.61 Å². The minimum atomic E-state index is -0.647. The van der Waals surface area contributed by atoms with E-state index in [4.69, 9.17) is 9.15 Å². The zero-order valence-electron chi connectivity index (χ0n) is 9.19. The molecule has 3 nitrogen and oxygen atoms in total. The number of rotatable bonds is 4. The van der Waals surface area contributed by atoms with Crippen LogP contribution in [0.15, 0.2) is 22.8 Å². The molecule has 2 rings (SSSR count).